The van der Waals surface area contributed by atoms with Gasteiger partial charge in [-0.05, 0) is 73.6 Å². The number of methoxy groups -OCH3 is 1. The van der Waals surface area contributed by atoms with E-state index in [2.05, 4.69) is 69.3 Å². The predicted octanol–water partition coefficient (Wildman–Crippen LogP) is 5.96. The third-order valence-electron chi connectivity index (χ3n) is 6.99. The number of thiocarbonyl (C=S) groups is 1. The summed E-state index contributed by atoms with van der Waals surface area (Å²) in [7, 11) is 1.47. The molecule has 2 aromatic heterocycles. The lowest BCUT2D eigenvalue weighted by molar-refractivity contribution is -0.119. The average molecular weight is 560 g/mol. The minimum Gasteiger partial charge on any atom is -0.375 e. The van der Waals surface area contributed by atoms with E-state index in [1.807, 2.05) is 36.4 Å². The Kier molecular flexibility index (Phi) is 7.97. The van der Waals surface area contributed by atoms with Crippen LogP contribution in [0, 0.1) is 13.8 Å². The number of rotatable bonds is 8. The van der Waals surface area contributed by atoms with Gasteiger partial charge >= 0.3 is 0 Å². The summed E-state index contributed by atoms with van der Waals surface area (Å²) in [5.41, 5.74) is 6.95. The molecule has 1 fully saturated rings. The normalized spacial score (nSPS) is 16.8. The van der Waals surface area contributed by atoms with Crippen LogP contribution in [-0.2, 0) is 16.1 Å². The van der Waals surface area contributed by atoms with E-state index in [4.69, 9.17) is 28.6 Å². The largest absolute Gasteiger partial charge is 0.375 e. The number of halogens is 1. The van der Waals surface area contributed by atoms with Gasteiger partial charge in [-0.2, -0.15) is 0 Å². The Hall–Kier alpha value is -3.72. The van der Waals surface area contributed by atoms with Gasteiger partial charge in [-0.1, -0.05) is 48.0 Å². The summed E-state index contributed by atoms with van der Waals surface area (Å²) in [6.45, 7) is 5.01. The second-order valence-electron chi connectivity index (χ2n) is 9.54. The van der Waals surface area contributed by atoms with Gasteiger partial charge in [0, 0.05) is 36.9 Å². The van der Waals surface area contributed by atoms with Crippen LogP contribution in [0.4, 0.5) is 11.4 Å². The number of anilines is 2. The van der Waals surface area contributed by atoms with Gasteiger partial charge in [0.05, 0.1) is 28.5 Å². The number of carbonyl (C=O) groups excluding carboxylic acids is 1. The van der Waals surface area contributed by atoms with Crippen molar-refractivity contribution in [2.45, 2.75) is 32.5 Å². The Morgan fingerprint density at radius 2 is 1.87 bits per heavy atom. The Balaban J connectivity index is 1.56. The minimum absolute atomic E-state index is 0.0510. The molecule has 39 heavy (non-hydrogen) atoms. The van der Waals surface area contributed by atoms with E-state index in [1.165, 1.54) is 12.7 Å². The number of ether oxygens (including phenoxy) is 1. The molecular weight excluding hydrogens is 530 g/mol. The molecule has 2 aromatic carbocycles. The molecule has 0 spiro atoms. The number of nitrogens with one attached hydrogen (secondary N) is 2. The Labute approximate surface area is 238 Å². The maximum atomic E-state index is 12.1. The summed E-state index contributed by atoms with van der Waals surface area (Å²) in [4.78, 5) is 18.8. The molecule has 3 heterocycles. The van der Waals surface area contributed by atoms with E-state index in [1.54, 1.807) is 12.3 Å². The van der Waals surface area contributed by atoms with Crippen molar-refractivity contribution in [2.24, 2.45) is 0 Å². The zero-order valence-electron chi connectivity index (χ0n) is 22.0. The van der Waals surface area contributed by atoms with Gasteiger partial charge in [0.25, 0.3) is 0 Å². The number of carbonyl (C=O) groups is 1. The first-order valence-corrected chi connectivity index (χ1v) is 13.5. The molecule has 0 aliphatic carbocycles. The highest BCUT2D eigenvalue weighted by molar-refractivity contribution is 7.80. The van der Waals surface area contributed by atoms with E-state index < -0.39 is 0 Å². The highest BCUT2D eigenvalue weighted by atomic mass is 35.5. The van der Waals surface area contributed by atoms with Gasteiger partial charge in [0.2, 0.25) is 5.91 Å². The molecule has 0 bridgehead atoms. The maximum Gasteiger partial charge on any atom is 0.250 e. The molecule has 1 aliphatic rings. The number of aromatic nitrogens is 2. The molecule has 9 heteroatoms. The summed E-state index contributed by atoms with van der Waals surface area (Å²) >= 11 is 12.5. The van der Waals surface area contributed by atoms with Crippen LogP contribution in [0.2, 0.25) is 5.02 Å². The molecular formula is C30H30ClN5O2S. The van der Waals surface area contributed by atoms with Crippen molar-refractivity contribution in [3.63, 3.8) is 0 Å². The standard InChI is InChI=1S/C30H30ClN5O2S/c1-19-15-23(20(2)35(19)17-21-9-5-4-6-10-21)29-28(26-11-7-8-14-32-26)34-30(39)36(29)22-12-13-25(24(31)16-22)33-27(37)18-38-3/h4-16,28-29H,17-18H2,1-3H3,(H,33,37)(H,34,39)/t28-,29-/m0/s1. The molecule has 2 atom stereocenters. The zero-order valence-corrected chi connectivity index (χ0v) is 23.6. The highest BCUT2D eigenvalue weighted by Crippen LogP contribution is 2.44. The fourth-order valence-corrected chi connectivity index (χ4v) is 5.73. The van der Waals surface area contributed by atoms with Gasteiger partial charge in [-0.25, -0.2) is 0 Å². The fraction of sp³-hybridized carbons (Fsp3) is 0.233. The van der Waals surface area contributed by atoms with Crippen molar-refractivity contribution in [1.29, 1.82) is 0 Å². The van der Waals surface area contributed by atoms with Crippen molar-refractivity contribution < 1.29 is 9.53 Å². The van der Waals surface area contributed by atoms with Crippen molar-refractivity contribution in [3.05, 3.63) is 112 Å². The lowest BCUT2D eigenvalue weighted by Gasteiger charge is -2.28. The second kappa shape index (κ2) is 11.6. The van der Waals surface area contributed by atoms with E-state index in [0.717, 1.165) is 34.9 Å². The molecule has 1 aliphatic heterocycles. The molecule has 4 aromatic rings. The van der Waals surface area contributed by atoms with E-state index in [0.29, 0.717) is 15.8 Å². The van der Waals surface area contributed by atoms with Crippen molar-refractivity contribution >= 4 is 46.2 Å². The van der Waals surface area contributed by atoms with E-state index in [-0.39, 0.29) is 24.6 Å². The zero-order chi connectivity index (χ0) is 27.5. The number of hydrogen-bond acceptors (Lipinski definition) is 4. The van der Waals surface area contributed by atoms with Crippen LogP contribution in [0.15, 0.2) is 79.0 Å². The van der Waals surface area contributed by atoms with Crippen molar-refractivity contribution in [1.82, 2.24) is 14.9 Å². The average Bonchev–Trinajstić information content (AvgIpc) is 3.42. The maximum absolute atomic E-state index is 12.1. The molecule has 1 saturated heterocycles. The first-order chi connectivity index (χ1) is 18.9. The first kappa shape index (κ1) is 26.9. The summed E-state index contributed by atoms with van der Waals surface area (Å²) in [5, 5.41) is 7.29. The molecule has 0 unspecified atom stereocenters. The summed E-state index contributed by atoms with van der Waals surface area (Å²) < 4.78 is 7.25. The van der Waals surface area contributed by atoms with Crippen LogP contribution in [0.5, 0.6) is 0 Å². The van der Waals surface area contributed by atoms with E-state index >= 15 is 0 Å². The van der Waals surface area contributed by atoms with Gasteiger partial charge in [-0.3, -0.25) is 9.78 Å². The minimum atomic E-state index is -0.274. The van der Waals surface area contributed by atoms with Crippen LogP contribution in [-0.4, -0.2) is 34.3 Å². The highest BCUT2D eigenvalue weighted by Gasteiger charge is 2.42. The van der Waals surface area contributed by atoms with Crippen molar-refractivity contribution in [3.8, 4) is 0 Å². The van der Waals surface area contributed by atoms with Crippen molar-refractivity contribution in [2.75, 3.05) is 23.9 Å². The van der Waals surface area contributed by atoms with Crippen LogP contribution < -0.4 is 15.5 Å². The molecule has 5 rings (SSSR count). The second-order valence-corrected chi connectivity index (χ2v) is 10.3. The molecule has 2 N–H and O–H groups in total. The molecule has 0 saturated carbocycles. The Bertz CT molecular complexity index is 1490. The molecule has 7 nitrogen and oxygen atoms in total. The molecule has 1 amide bonds. The van der Waals surface area contributed by atoms with Crippen LogP contribution >= 0.6 is 23.8 Å². The topological polar surface area (TPSA) is 71.4 Å². The fourth-order valence-electron chi connectivity index (χ4n) is 5.16. The van der Waals surface area contributed by atoms with Gasteiger partial charge < -0.3 is 24.8 Å². The SMILES string of the molecule is COCC(=O)Nc1ccc(N2C(=S)N[C@@H](c3ccccn3)[C@@H]2c2cc(C)n(Cc3ccccc3)c2C)cc1Cl. The van der Waals surface area contributed by atoms with Gasteiger partial charge in [0.15, 0.2) is 5.11 Å². The lowest BCUT2D eigenvalue weighted by atomic mass is 9.96. The van der Waals surface area contributed by atoms with Gasteiger partial charge in [-0.15, -0.1) is 0 Å². The molecule has 200 valence electrons. The number of pyridine rings is 1. The van der Waals surface area contributed by atoms with Crippen LogP contribution in [0.1, 0.15) is 40.3 Å². The third kappa shape index (κ3) is 5.54. The van der Waals surface area contributed by atoms with Crippen LogP contribution in [0.25, 0.3) is 0 Å². The number of nitrogens with zero attached hydrogens (tertiary/aromatic N) is 3. The number of aryl methyl sites for hydroxylation is 1. The third-order valence-corrected chi connectivity index (χ3v) is 7.62. The van der Waals surface area contributed by atoms with Gasteiger partial charge in [0.1, 0.15) is 6.61 Å². The summed E-state index contributed by atoms with van der Waals surface area (Å²) in [6, 6.07) is 23.8. The first-order valence-electron chi connectivity index (χ1n) is 12.7. The van der Waals surface area contributed by atoms with E-state index in [9.17, 15) is 4.79 Å². The smallest absolute Gasteiger partial charge is 0.250 e. The Morgan fingerprint density at radius 3 is 2.56 bits per heavy atom. The number of benzene rings is 2. The summed E-state index contributed by atoms with van der Waals surface area (Å²) in [6.07, 6.45) is 1.80. The lowest BCUT2D eigenvalue weighted by Crippen LogP contribution is -2.29. The Morgan fingerprint density at radius 1 is 1.10 bits per heavy atom. The molecule has 0 radical (unpaired) electrons. The quantitative estimate of drug-likeness (QED) is 0.259. The number of hydrogen-bond donors (Lipinski definition) is 2. The predicted molar refractivity (Wildman–Crippen MR) is 159 cm³/mol. The van der Waals surface area contributed by atoms with Crippen LogP contribution in [0.3, 0.4) is 0 Å². The summed E-state index contributed by atoms with van der Waals surface area (Å²) in [5.74, 6) is -0.274. The monoisotopic (exact) mass is 559 g/mol. The number of amides is 1.